The fourth-order valence-electron chi connectivity index (χ4n) is 4.54. The Morgan fingerprint density at radius 3 is 1.03 bits per heavy atom. The summed E-state index contributed by atoms with van der Waals surface area (Å²) in [5.41, 5.74) is -3.73. The standard InChI is InChI=1S/C28H12Br4F6/c29-19-11-15-7-3-1-5-13(15)9-17(19)21-23(27(33,34)35)26(32)22(24(25(21)31)28(36,37)38)18-10-14-6-2-4-8-16(14)12-20(18)30/h1-12H. The van der Waals surface area contributed by atoms with Gasteiger partial charge in [0.2, 0.25) is 0 Å². The Morgan fingerprint density at radius 1 is 0.447 bits per heavy atom. The van der Waals surface area contributed by atoms with Crippen LogP contribution in [0.1, 0.15) is 11.1 Å². The first-order valence-electron chi connectivity index (χ1n) is 10.9. The van der Waals surface area contributed by atoms with Gasteiger partial charge in [-0.05, 0) is 88.8 Å². The van der Waals surface area contributed by atoms with Gasteiger partial charge in [-0.25, -0.2) is 0 Å². The molecule has 0 bridgehead atoms. The third-order valence-electron chi connectivity index (χ3n) is 6.15. The molecule has 0 unspecified atom stereocenters. The normalized spacial score (nSPS) is 12.5. The lowest BCUT2D eigenvalue weighted by Gasteiger charge is -2.26. The summed E-state index contributed by atoms with van der Waals surface area (Å²) in [6.07, 6.45) is -9.99. The third-order valence-corrected chi connectivity index (χ3v) is 9.05. The summed E-state index contributed by atoms with van der Waals surface area (Å²) < 4.78 is 87.5. The van der Waals surface area contributed by atoms with Crippen molar-refractivity contribution in [1.29, 1.82) is 0 Å². The van der Waals surface area contributed by atoms with Crippen molar-refractivity contribution in [2.45, 2.75) is 12.4 Å². The summed E-state index contributed by atoms with van der Waals surface area (Å²) in [7, 11) is 0. The lowest BCUT2D eigenvalue weighted by atomic mass is 9.88. The molecular weight excluding hydrogens is 770 g/mol. The average Bonchev–Trinajstić information content (AvgIpc) is 2.82. The molecule has 0 aromatic heterocycles. The zero-order valence-electron chi connectivity index (χ0n) is 18.7. The Hall–Kier alpha value is -1.88. The van der Waals surface area contributed by atoms with Crippen LogP contribution in [0.2, 0.25) is 0 Å². The number of rotatable bonds is 2. The smallest absolute Gasteiger partial charge is 0.166 e. The van der Waals surface area contributed by atoms with Crippen LogP contribution in [-0.2, 0) is 12.4 Å². The topological polar surface area (TPSA) is 0 Å². The second kappa shape index (κ2) is 9.94. The van der Waals surface area contributed by atoms with E-state index in [1.807, 2.05) is 0 Å². The van der Waals surface area contributed by atoms with Crippen molar-refractivity contribution in [2.75, 3.05) is 0 Å². The molecule has 38 heavy (non-hydrogen) atoms. The van der Waals surface area contributed by atoms with Gasteiger partial charge in [0.15, 0.2) is 0 Å². The van der Waals surface area contributed by atoms with Gasteiger partial charge in [0.25, 0.3) is 0 Å². The average molecular weight is 782 g/mol. The van der Waals surface area contributed by atoms with Crippen molar-refractivity contribution in [1.82, 2.24) is 0 Å². The molecule has 0 saturated carbocycles. The summed E-state index contributed by atoms with van der Waals surface area (Å²) in [6, 6.07) is 19.9. The zero-order valence-corrected chi connectivity index (χ0v) is 25.1. The van der Waals surface area contributed by atoms with Crippen molar-refractivity contribution in [3.63, 3.8) is 0 Å². The first-order chi connectivity index (χ1) is 17.8. The van der Waals surface area contributed by atoms with Crippen LogP contribution >= 0.6 is 63.7 Å². The molecule has 5 rings (SSSR count). The van der Waals surface area contributed by atoms with Gasteiger partial charge in [0, 0.05) is 29.0 Å². The van der Waals surface area contributed by atoms with Crippen LogP contribution in [-0.4, -0.2) is 0 Å². The van der Waals surface area contributed by atoms with Gasteiger partial charge >= 0.3 is 12.4 Å². The van der Waals surface area contributed by atoms with E-state index >= 15 is 0 Å². The van der Waals surface area contributed by atoms with E-state index in [0.29, 0.717) is 10.8 Å². The molecule has 0 N–H and O–H groups in total. The summed E-state index contributed by atoms with van der Waals surface area (Å²) in [5, 5.41) is 2.60. The van der Waals surface area contributed by atoms with Gasteiger partial charge in [-0.15, -0.1) is 0 Å². The molecule has 0 saturated heterocycles. The summed E-state index contributed by atoms with van der Waals surface area (Å²) >= 11 is 12.5. The maximum atomic E-state index is 14.7. The van der Waals surface area contributed by atoms with Crippen LogP contribution in [0.3, 0.4) is 0 Å². The van der Waals surface area contributed by atoms with Gasteiger partial charge < -0.3 is 0 Å². The molecule has 0 atom stereocenters. The minimum atomic E-state index is -5.00. The molecule has 0 nitrogen and oxygen atoms in total. The first kappa shape index (κ1) is 27.7. The second-order valence-corrected chi connectivity index (χ2v) is 11.8. The first-order valence-corrected chi connectivity index (χ1v) is 14.0. The third kappa shape index (κ3) is 4.82. The fourth-order valence-corrected chi connectivity index (χ4v) is 7.32. The quantitative estimate of drug-likeness (QED) is 0.157. The molecule has 0 amide bonds. The van der Waals surface area contributed by atoms with E-state index in [1.54, 1.807) is 60.7 Å². The van der Waals surface area contributed by atoms with Crippen molar-refractivity contribution in [2.24, 2.45) is 0 Å². The van der Waals surface area contributed by atoms with Crippen LogP contribution in [0.4, 0.5) is 26.3 Å². The number of hydrogen-bond acceptors (Lipinski definition) is 0. The highest BCUT2D eigenvalue weighted by Crippen LogP contribution is 2.56. The lowest BCUT2D eigenvalue weighted by Crippen LogP contribution is -2.16. The molecule has 194 valence electrons. The highest BCUT2D eigenvalue weighted by Gasteiger charge is 2.46. The van der Waals surface area contributed by atoms with E-state index in [-0.39, 0.29) is 20.1 Å². The van der Waals surface area contributed by atoms with E-state index < -0.39 is 43.6 Å². The summed E-state index contributed by atoms with van der Waals surface area (Å²) in [6.45, 7) is 0. The number of alkyl halides is 6. The Morgan fingerprint density at radius 2 is 0.737 bits per heavy atom. The van der Waals surface area contributed by atoms with Crippen LogP contribution in [0.15, 0.2) is 90.7 Å². The van der Waals surface area contributed by atoms with Crippen LogP contribution in [0, 0.1) is 0 Å². The van der Waals surface area contributed by atoms with Crippen LogP contribution < -0.4 is 0 Å². The van der Waals surface area contributed by atoms with Gasteiger partial charge in [-0.2, -0.15) is 26.3 Å². The maximum absolute atomic E-state index is 14.7. The van der Waals surface area contributed by atoms with E-state index in [4.69, 9.17) is 0 Å². The molecule has 0 heterocycles. The summed E-state index contributed by atoms with van der Waals surface area (Å²) in [5.74, 6) is 0. The van der Waals surface area contributed by atoms with Crippen molar-refractivity contribution in [3.8, 4) is 22.3 Å². The largest absolute Gasteiger partial charge is 0.418 e. The highest BCUT2D eigenvalue weighted by atomic mass is 79.9. The molecule has 0 fully saturated rings. The Bertz CT molecular complexity index is 1610. The van der Waals surface area contributed by atoms with Crippen molar-refractivity contribution in [3.05, 3.63) is 102 Å². The molecule has 0 aliphatic heterocycles. The van der Waals surface area contributed by atoms with E-state index in [9.17, 15) is 26.3 Å². The van der Waals surface area contributed by atoms with E-state index in [0.717, 1.165) is 10.8 Å². The molecule has 0 spiro atoms. The molecule has 0 radical (unpaired) electrons. The van der Waals surface area contributed by atoms with Gasteiger partial charge in [0.05, 0.1) is 11.1 Å². The minimum absolute atomic E-state index is 0.0294. The van der Waals surface area contributed by atoms with Gasteiger partial charge in [-0.3, -0.25) is 0 Å². The zero-order chi connectivity index (χ0) is 27.6. The van der Waals surface area contributed by atoms with Crippen LogP contribution in [0.25, 0.3) is 43.8 Å². The molecule has 0 aliphatic rings. The fraction of sp³-hybridized carbons (Fsp3) is 0.0714. The monoisotopic (exact) mass is 778 g/mol. The number of halogens is 10. The van der Waals surface area contributed by atoms with Crippen molar-refractivity contribution >= 4 is 85.3 Å². The Kier molecular flexibility index (Phi) is 7.24. The van der Waals surface area contributed by atoms with E-state index in [1.165, 1.54) is 12.1 Å². The number of hydrogen-bond donors (Lipinski definition) is 0. The van der Waals surface area contributed by atoms with Crippen molar-refractivity contribution < 1.29 is 26.3 Å². The Labute approximate surface area is 246 Å². The number of benzene rings is 5. The lowest BCUT2D eigenvalue weighted by molar-refractivity contribution is -0.141. The molecule has 0 aliphatic carbocycles. The van der Waals surface area contributed by atoms with Gasteiger partial charge in [-0.1, -0.05) is 80.4 Å². The van der Waals surface area contributed by atoms with E-state index in [2.05, 4.69) is 63.7 Å². The molecule has 5 aromatic carbocycles. The highest BCUT2D eigenvalue weighted by molar-refractivity contribution is 9.11. The maximum Gasteiger partial charge on any atom is 0.418 e. The molecular formula is C28H12Br4F6. The molecule has 10 heteroatoms. The number of fused-ring (bicyclic) bond motifs is 2. The van der Waals surface area contributed by atoms with Gasteiger partial charge in [0.1, 0.15) is 0 Å². The predicted molar refractivity (Wildman–Crippen MR) is 153 cm³/mol. The second-order valence-electron chi connectivity index (χ2n) is 8.48. The predicted octanol–water partition coefficient (Wildman–Crippen LogP) is 12.4. The SMILES string of the molecule is FC(F)(F)c1c(Br)c(-c2cc3ccccc3cc2Br)c(C(F)(F)F)c(Br)c1-c1cc2ccccc2cc1Br. The molecule has 5 aromatic rings. The minimum Gasteiger partial charge on any atom is -0.166 e. The summed E-state index contributed by atoms with van der Waals surface area (Å²) in [4.78, 5) is 0. The Balaban J connectivity index is 1.97. The van der Waals surface area contributed by atoms with Crippen LogP contribution in [0.5, 0.6) is 0 Å².